The Hall–Kier alpha value is -2.16. The van der Waals surface area contributed by atoms with Gasteiger partial charge in [-0.05, 0) is 41.2 Å². The summed E-state index contributed by atoms with van der Waals surface area (Å²) in [6.07, 6.45) is 2.09. The Kier molecular flexibility index (Phi) is 2.85. The molecule has 0 aliphatic heterocycles. The lowest BCUT2D eigenvalue weighted by Gasteiger charge is -2.19. The number of nitrogens with zero attached hydrogens (tertiary/aromatic N) is 3. The van der Waals surface area contributed by atoms with Gasteiger partial charge in [-0.1, -0.05) is 45.0 Å². The molecule has 20 heavy (non-hydrogen) atoms. The summed E-state index contributed by atoms with van der Waals surface area (Å²) in [5.74, 6) is 0.910. The van der Waals surface area contributed by atoms with Crippen molar-refractivity contribution in [1.29, 1.82) is 0 Å². The van der Waals surface area contributed by atoms with E-state index < -0.39 is 0 Å². The molecule has 0 aliphatic rings. The first-order chi connectivity index (χ1) is 9.45. The number of hydrogen-bond acceptors (Lipinski definition) is 2. The third-order valence-electron chi connectivity index (χ3n) is 3.66. The van der Waals surface area contributed by atoms with Crippen molar-refractivity contribution in [2.75, 3.05) is 0 Å². The van der Waals surface area contributed by atoms with Crippen LogP contribution in [0, 0.1) is 6.92 Å². The summed E-state index contributed by atoms with van der Waals surface area (Å²) in [4.78, 5) is 0. The van der Waals surface area contributed by atoms with Gasteiger partial charge in [0.05, 0.1) is 0 Å². The molecule has 3 nitrogen and oxygen atoms in total. The quantitative estimate of drug-likeness (QED) is 0.665. The number of fused-ring (bicyclic) bond motifs is 1. The number of pyridine rings is 1. The Bertz CT molecular complexity index is 746. The number of rotatable bonds is 1. The first-order valence-electron chi connectivity index (χ1n) is 6.87. The Morgan fingerprint density at radius 2 is 1.50 bits per heavy atom. The minimum Gasteiger partial charge on any atom is -0.286 e. The Morgan fingerprint density at radius 3 is 2.15 bits per heavy atom. The Labute approximate surface area is 119 Å². The van der Waals surface area contributed by atoms with Crippen molar-refractivity contribution in [1.82, 2.24) is 14.6 Å². The van der Waals surface area contributed by atoms with E-state index in [1.165, 1.54) is 16.7 Å². The van der Waals surface area contributed by atoms with Crippen molar-refractivity contribution >= 4 is 5.65 Å². The minimum atomic E-state index is 0.188. The van der Waals surface area contributed by atoms with Gasteiger partial charge in [0.25, 0.3) is 0 Å². The van der Waals surface area contributed by atoms with Gasteiger partial charge in [-0.2, -0.15) is 0 Å². The summed E-state index contributed by atoms with van der Waals surface area (Å²) >= 11 is 0. The topological polar surface area (TPSA) is 30.2 Å². The van der Waals surface area contributed by atoms with Gasteiger partial charge in [0.15, 0.2) is 5.65 Å². The standard InChI is InChI=1S/C17H19N3/c1-12-18-19-16-10-7-14(11-20(12)16)13-5-8-15(9-6-13)17(2,3)4/h5-11H,1-4H3. The number of benzene rings is 1. The van der Waals surface area contributed by atoms with Crippen LogP contribution in [0.4, 0.5) is 0 Å². The molecule has 0 fully saturated rings. The van der Waals surface area contributed by atoms with E-state index in [-0.39, 0.29) is 5.41 Å². The number of hydrogen-bond donors (Lipinski definition) is 0. The Morgan fingerprint density at radius 1 is 0.850 bits per heavy atom. The zero-order valence-corrected chi connectivity index (χ0v) is 12.4. The molecule has 0 saturated carbocycles. The van der Waals surface area contributed by atoms with Crippen LogP contribution in [0.1, 0.15) is 32.2 Å². The molecule has 3 aromatic rings. The van der Waals surface area contributed by atoms with Crippen molar-refractivity contribution in [2.24, 2.45) is 0 Å². The molecule has 0 saturated heterocycles. The average Bonchev–Trinajstić information content (AvgIpc) is 2.79. The SMILES string of the molecule is Cc1nnc2ccc(-c3ccc(C(C)(C)C)cc3)cn12. The second-order valence-corrected chi connectivity index (χ2v) is 6.22. The molecule has 2 aromatic heterocycles. The molecular weight excluding hydrogens is 246 g/mol. The average molecular weight is 265 g/mol. The van der Waals surface area contributed by atoms with Gasteiger partial charge < -0.3 is 0 Å². The lowest BCUT2D eigenvalue weighted by atomic mass is 9.86. The largest absolute Gasteiger partial charge is 0.286 e. The predicted octanol–water partition coefficient (Wildman–Crippen LogP) is 4.00. The molecule has 0 amide bonds. The van der Waals surface area contributed by atoms with Crippen LogP contribution < -0.4 is 0 Å². The highest BCUT2D eigenvalue weighted by Crippen LogP contribution is 2.26. The third kappa shape index (κ3) is 2.20. The van der Waals surface area contributed by atoms with Crippen LogP contribution in [-0.4, -0.2) is 14.6 Å². The molecular formula is C17H19N3. The van der Waals surface area contributed by atoms with Crippen LogP contribution >= 0.6 is 0 Å². The first kappa shape index (κ1) is 12.9. The number of aryl methyl sites for hydroxylation is 1. The predicted molar refractivity (Wildman–Crippen MR) is 81.9 cm³/mol. The van der Waals surface area contributed by atoms with E-state index in [1.54, 1.807) is 0 Å². The van der Waals surface area contributed by atoms with Gasteiger partial charge >= 0.3 is 0 Å². The lowest BCUT2D eigenvalue weighted by molar-refractivity contribution is 0.590. The zero-order valence-electron chi connectivity index (χ0n) is 12.4. The van der Waals surface area contributed by atoms with Gasteiger partial charge in [0.2, 0.25) is 0 Å². The highest BCUT2D eigenvalue weighted by molar-refractivity contribution is 5.65. The summed E-state index contributed by atoms with van der Waals surface area (Å²) in [6, 6.07) is 12.9. The van der Waals surface area contributed by atoms with Crippen molar-refractivity contribution < 1.29 is 0 Å². The van der Waals surface area contributed by atoms with Crippen molar-refractivity contribution in [3.8, 4) is 11.1 Å². The van der Waals surface area contributed by atoms with Crippen LogP contribution in [0.2, 0.25) is 0 Å². The fraction of sp³-hybridized carbons (Fsp3) is 0.294. The van der Waals surface area contributed by atoms with Gasteiger partial charge in [-0.3, -0.25) is 4.40 Å². The van der Waals surface area contributed by atoms with Gasteiger partial charge in [-0.15, -0.1) is 10.2 Å². The zero-order chi connectivity index (χ0) is 14.3. The van der Waals surface area contributed by atoms with Crippen LogP contribution in [-0.2, 0) is 5.41 Å². The van der Waals surface area contributed by atoms with E-state index in [1.807, 2.05) is 17.4 Å². The van der Waals surface area contributed by atoms with Gasteiger partial charge in [0, 0.05) is 6.20 Å². The smallest absolute Gasteiger partial charge is 0.160 e. The Balaban J connectivity index is 2.04. The van der Waals surface area contributed by atoms with Crippen molar-refractivity contribution in [3.05, 3.63) is 54.0 Å². The highest BCUT2D eigenvalue weighted by Gasteiger charge is 2.13. The lowest BCUT2D eigenvalue weighted by Crippen LogP contribution is -2.10. The second kappa shape index (κ2) is 4.44. The van der Waals surface area contributed by atoms with Crippen molar-refractivity contribution in [3.63, 3.8) is 0 Å². The molecule has 0 spiro atoms. The molecule has 0 aliphatic carbocycles. The summed E-state index contributed by atoms with van der Waals surface area (Å²) in [5.41, 5.74) is 4.82. The van der Waals surface area contributed by atoms with E-state index in [2.05, 4.69) is 67.5 Å². The molecule has 0 radical (unpaired) electrons. The summed E-state index contributed by atoms with van der Waals surface area (Å²) < 4.78 is 2.02. The monoisotopic (exact) mass is 265 g/mol. The molecule has 0 bridgehead atoms. The van der Waals surface area contributed by atoms with E-state index >= 15 is 0 Å². The van der Waals surface area contributed by atoms with Crippen LogP contribution in [0.3, 0.4) is 0 Å². The minimum absolute atomic E-state index is 0.188. The number of aromatic nitrogens is 3. The summed E-state index contributed by atoms with van der Waals surface area (Å²) in [6.45, 7) is 8.66. The van der Waals surface area contributed by atoms with E-state index in [9.17, 15) is 0 Å². The van der Waals surface area contributed by atoms with Crippen LogP contribution in [0.25, 0.3) is 16.8 Å². The first-order valence-corrected chi connectivity index (χ1v) is 6.87. The fourth-order valence-corrected chi connectivity index (χ4v) is 2.34. The molecule has 0 atom stereocenters. The maximum absolute atomic E-state index is 4.11. The molecule has 3 rings (SSSR count). The highest BCUT2D eigenvalue weighted by atomic mass is 15.2. The molecule has 2 heterocycles. The molecule has 0 unspecified atom stereocenters. The summed E-state index contributed by atoms with van der Waals surface area (Å²) in [7, 11) is 0. The molecule has 0 N–H and O–H groups in total. The normalized spacial score (nSPS) is 12.0. The van der Waals surface area contributed by atoms with E-state index in [4.69, 9.17) is 0 Å². The molecule has 102 valence electrons. The summed E-state index contributed by atoms with van der Waals surface area (Å²) in [5, 5.41) is 8.20. The van der Waals surface area contributed by atoms with E-state index in [0.29, 0.717) is 0 Å². The van der Waals surface area contributed by atoms with Gasteiger partial charge in [0.1, 0.15) is 5.82 Å². The third-order valence-corrected chi connectivity index (χ3v) is 3.66. The van der Waals surface area contributed by atoms with Crippen LogP contribution in [0.5, 0.6) is 0 Å². The maximum Gasteiger partial charge on any atom is 0.160 e. The van der Waals surface area contributed by atoms with Gasteiger partial charge in [-0.25, -0.2) is 0 Å². The van der Waals surface area contributed by atoms with Crippen molar-refractivity contribution in [2.45, 2.75) is 33.1 Å². The fourth-order valence-electron chi connectivity index (χ4n) is 2.34. The molecule has 3 heteroatoms. The maximum atomic E-state index is 4.11. The molecule has 1 aromatic carbocycles. The second-order valence-electron chi connectivity index (χ2n) is 6.22. The van der Waals surface area contributed by atoms with E-state index in [0.717, 1.165) is 11.5 Å². The van der Waals surface area contributed by atoms with Crippen LogP contribution in [0.15, 0.2) is 42.6 Å².